The SMILES string of the molecule is [Li][Se].c1cc[c]([Sn]([c]2ccccc2)[c]2ccccc2)cc1. The Kier molecular flexibility index (Phi) is 7.71. The van der Waals surface area contributed by atoms with Crippen LogP contribution in [-0.2, 0) is 0 Å². The summed E-state index contributed by atoms with van der Waals surface area (Å²) in [6.07, 6.45) is 0. The van der Waals surface area contributed by atoms with E-state index in [4.69, 9.17) is 0 Å². The van der Waals surface area contributed by atoms with Crippen molar-refractivity contribution in [3.63, 3.8) is 0 Å². The molecule has 3 aromatic carbocycles. The number of rotatable bonds is 3. The molecular weight excluding hydrogens is 421 g/mol. The third-order valence-electron chi connectivity index (χ3n) is 3.19. The summed E-state index contributed by atoms with van der Waals surface area (Å²) >= 11 is 2.52. The third kappa shape index (κ3) is 4.78. The summed E-state index contributed by atoms with van der Waals surface area (Å²) in [7, 11) is 0. The number of hydrogen-bond acceptors (Lipinski definition) is 0. The van der Waals surface area contributed by atoms with E-state index in [1.54, 1.807) is 0 Å². The van der Waals surface area contributed by atoms with Crippen LogP contribution in [0.4, 0.5) is 0 Å². The summed E-state index contributed by atoms with van der Waals surface area (Å²) in [5.41, 5.74) is 0. The number of hydrogen-bond donors (Lipinski definition) is 0. The molecule has 0 unspecified atom stereocenters. The standard InChI is InChI=1S/3C6H5.Li.Se.Sn/c3*1-2-4-6-5-3-1;;;/h3*1-5H;;;. The molecule has 3 rings (SSSR count). The zero-order valence-corrected chi connectivity index (χ0v) is 16.6. The van der Waals surface area contributed by atoms with E-state index in [9.17, 15) is 0 Å². The van der Waals surface area contributed by atoms with Gasteiger partial charge in [0.05, 0.1) is 0 Å². The van der Waals surface area contributed by atoms with Gasteiger partial charge in [-0.2, -0.15) is 0 Å². The van der Waals surface area contributed by atoms with Gasteiger partial charge in [-0.15, -0.1) is 0 Å². The molecule has 0 aliphatic rings. The Labute approximate surface area is 150 Å². The van der Waals surface area contributed by atoms with E-state index in [0.717, 1.165) is 0 Å². The van der Waals surface area contributed by atoms with Crippen LogP contribution in [0.15, 0.2) is 91.0 Å². The van der Waals surface area contributed by atoms with E-state index < -0.39 is 19.8 Å². The molecule has 0 N–H and O–H groups in total. The van der Waals surface area contributed by atoms with Crippen LogP contribution in [-0.4, -0.2) is 49.4 Å². The average Bonchev–Trinajstić information content (AvgIpc) is 2.60. The van der Waals surface area contributed by atoms with Crippen molar-refractivity contribution >= 4 is 60.1 Å². The van der Waals surface area contributed by atoms with Crippen molar-refractivity contribution in [2.75, 3.05) is 0 Å². The van der Waals surface area contributed by atoms with Crippen molar-refractivity contribution in [1.29, 1.82) is 0 Å². The van der Waals surface area contributed by atoms with Gasteiger partial charge in [0.25, 0.3) is 0 Å². The summed E-state index contributed by atoms with van der Waals surface area (Å²) in [5, 5.41) is 0. The fourth-order valence-corrected chi connectivity index (χ4v) is 9.67. The van der Waals surface area contributed by atoms with Crippen LogP contribution in [0.1, 0.15) is 0 Å². The molecule has 0 atom stereocenters. The molecule has 0 heterocycles. The van der Waals surface area contributed by atoms with Crippen LogP contribution < -0.4 is 10.7 Å². The molecule has 0 saturated heterocycles. The molecule has 0 fully saturated rings. The summed E-state index contributed by atoms with van der Waals surface area (Å²) in [6.45, 7) is 0. The average molecular weight is 436 g/mol. The molecule has 2 radical (unpaired) electrons. The molecule has 0 nitrogen and oxygen atoms in total. The summed E-state index contributed by atoms with van der Waals surface area (Å²) < 4.78 is 4.59. The van der Waals surface area contributed by atoms with Crippen LogP contribution in [0.5, 0.6) is 0 Å². The quantitative estimate of drug-likeness (QED) is 0.546. The molecule has 0 aliphatic carbocycles. The summed E-state index contributed by atoms with van der Waals surface area (Å²) in [4.78, 5) is 0. The van der Waals surface area contributed by atoms with Gasteiger partial charge in [0.2, 0.25) is 0 Å². The topological polar surface area (TPSA) is 0 Å². The predicted molar refractivity (Wildman–Crippen MR) is 95.5 cm³/mol. The van der Waals surface area contributed by atoms with Gasteiger partial charge in [0, 0.05) is 0 Å². The van der Waals surface area contributed by atoms with Crippen LogP contribution >= 0.6 is 0 Å². The fourth-order valence-electron chi connectivity index (χ4n) is 2.31. The van der Waals surface area contributed by atoms with E-state index in [0.29, 0.717) is 0 Å². The van der Waals surface area contributed by atoms with Crippen LogP contribution in [0.2, 0.25) is 0 Å². The van der Waals surface area contributed by atoms with Gasteiger partial charge in [-0.3, -0.25) is 0 Å². The molecule has 21 heavy (non-hydrogen) atoms. The van der Waals surface area contributed by atoms with E-state index in [-0.39, 0.29) is 0 Å². The first kappa shape index (κ1) is 16.9. The maximum absolute atomic E-state index is 2.62. The second kappa shape index (κ2) is 9.56. The van der Waals surface area contributed by atoms with Gasteiger partial charge in [0.15, 0.2) is 0 Å². The van der Waals surface area contributed by atoms with Crippen molar-refractivity contribution in [3.8, 4) is 0 Å². The van der Waals surface area contributed by atoms with Gasteiger partial charge < -0.3 is 0 Å². The molecule has 0 spiro atoms. The van der Waals surface area contributed by atoms with Crippen LogP contribution in [0.3, 0.4) is 0 Å². The molecule has 3 heteroatoms. The molecule has 98 valence electrons. The summed E-state index contributed by atoms with van der Waals surface area (Å²) in [6, 6.07) is 32.9. The normalized spacial score (nSPS) is 9.90. The van der Waals surface area contributed by atoms with Crippen molar-refractivity contribution < 1.29 is 0 Å². The van der Waals surface area contributed by atoms with E-state index >= 15 is 0 Å². The molecule has 0 aromatic heterocycles. The van der Waals surface area contributed by atoms with Gasteiger partial charge >= 0.3 is 151 Å². The zero-order chi connectivity index (χ0) is 14.9. The molecule has 3 aromatic rings. The van der Waals surface area contributed by atoms with E-state index in [1.807, 2.05) is 15.8 Å². The maximum atomic E-state index is 2.62. The first-order valence-electron chi connectivity index (χ1n) is 6.89. The minimum atomic E-state index is -1.98. The Morgan fingerprint density at radius 2 is 0.714 bits per heavy atom. The van der Waals surface area contributed by atoms with Crippen molar-refractivity contribution in [1.82, 2.24) is 0 Å². The Balaban J connectivity index is 0.000000774. The van der Waals surface area contributed by atoms with E-state index in [1.165, 1.54) is 10.7 Å². The van der Waals surface area contributed by atoms with Gasteiger partial charge in [-0.25, -0.2) is 0 Å². The van der Waals surface area contributed by atoms with E-state index in [2.05, 4.69) is 105 Å². The molecule has 0 saturated carbocycles. The predicted octanol–water partition coefficient (Wildman–Crippen LogP) is 1.44. The van der Waals surface area contributed by atoms with Gasteiger partial charge in [-0.05, 0) is 0 Å². The minimum absolute atomic E-state index is 1.53. The summed E-state index contributed by atoms with van der Waals surface area (Å²) in [5.74, 6) is 0. The van der Waals surface area contributed by atoms with Gasteiger partial charge in [0.1, 0.15) is 0 Å². The first-order valence-corrected chi connectivity index (χ1v) is 12.9. The molecule has 0 aliphatic heterocycles. The van der Waals surface area contributed by atoms with Crippen molar-refractivity contribution in [2.45, 2.75) is 0 Å². The van der Waals surface area contributed by atoms with Crippen molar-refractivity contribution in [2.24, 2.45) is 0 Å². The molecule has 0 bridgehead atoms. The Hall–Kier alpha value is -0.424. The monoisotopic (exact) mass is 438 g/mol. The van der Waals surface area contributed by atoms with Gasteiger partial charge in [-0.1, -0.05) is 0 Å². The molecular formula is C18H15LiSeSn. The Bertz CT molecular complexity index is 535. The van der Waals surface area contributed by atoms with Crippen LogP contribution in [0.25, 0.3) is 0 Å². The van der Waals surface area contributed by atoms with Crippen molar-refractivity contribution in [3.05, 3.63) is 91.0 Å². The Morgan fingerprint density at radius 1 is 0.476 bits per heavy atom. The first-order chi connectivity index (χ1) is 10.4. The third-order valence-corrected chi connectivity index (χ3v) is 11.0. The second-order valence-electron chi connectivity index (χ2n) is 4.47. The zero-order valence-electron chi connectivity index (χ0n) is 12.1. The Morgan fingerprint density at radius 3 is 0.952 bits per heavy atom. The second-order valence-corrected chi connectivity index (χ2v) is 11.6. The number of benzene rings is 3. The van der Waals surface area contributed by atoms with Crippen LogP contribution in [0, 0.1) is 0 Å². The molecule has 0 amide bonds. The fraction of sp³-hybridized carbons (Fsp3) is 0.